The standard InChI is InChI=1S/C26H27Br2FN4O4/c1-26(2,3)37-25(35)32-11-12-33-21(15-32)30-22(23(33)28)24(34)31(4)14-16-13-18(29)7-10-20(16)36-19-8-5-17(27)6-9-19/h5-10,13H,11-12,14-15H2,1-4H3. The summed E-state index contributed by atoms with van der Waals surface area (Å²) in [5, 5.41) is 0. The third kappa shape index (κ3) is 6.51. The number of imidazole rings is 1. The van der Waals surface area contributed by atoms with E-state index in [1.165, 1.54) is 17.0 Å². The summed E-state index contributed by atoms with van der Waals surface area (Å²) in [6.45, 7) is 6.65. The van der Waals surface area contributed by atoms with Crippen molar-refractivity contribution < 1.29 is 23.5 Å². The molecule has 11 heteroatoms. The van der Waals surface area contributed by atoms with Crippen LogP contribution in [0.15, 0.2) is 51.5 Å². The zero-order valence-electron chi connectivity index (χ0n) is 20.9. The van der Waals surface area contributed by atoms with E-state index in [1.807, 2.05) is 37.5 Å². The molecule has 1 aliphatic rings. The molecule has 0 radical (unpaired) electrons. The lowest BCUT2D eigenvalue weighted by Crippen LogP contribution is -2.41. The van der Waals surface area contributed by atoms with Crippen molar-refractivity contribution in [3.05, 3.63) is 74.4 Å². The lowest BCUT2D eigenvalue weighted by Gasteiger charge is -2.30. The average Bonchev–Trinajstić information content (AvgIpc) is 3.16. The predicted molar refractivity (Wildman–Crippen MR) is 143 cm³/mol. The summed E-state index contributed by atoms with van der Waals surface area (Å²) < 4.78 is 28.8. The number of ether oxygens (including phenoxy) is 2. The van der Waals surface area contributed by atoms with Crippen molar-refractivity contribution in [3.8, 4) is 11.5 Å². The molecule has 3 aromatic rings. The Balaban J connectivity index is 1.50. The lowest BCUT2D eigenvalue weighted by atomic mass is 10.1. The summed E-state index contributed by atoms with van der Waals surface area (Å²) in [6, 6.07) is 11.5. The van der Waals surface area contributed by atoms with Crippen LogP contribution >= 0.6 is 31.9 Å². The number of carbonyl (C=O) groups is 2. The topological polar surface area (TPSA) is 76.9 Å². The number of nitrogens with zero attached hydrogens (tertiary/aromatic N) is 4. The highest BCUT2D eigenvalue weighted by Gasteiger charge is 2.31. The number of halogens is 3. The number of hydrogen-bond donors (Lipinski definition) is 0. The zero-order valence-corrected chi connectivity index (χ0v) is 24.1. The van der Waals surface area contributed by atoms with Crippen molar-refractivity contribution in [2.45, 2.75) is 46.0 Å². The van der Waals surface area contributed by atoms with Crippen LogP contribution in [0, 0.1) is 5.82 Å². The molecule has 0 fully saturated rings. The SMILES string of the molecule is CN(Cc1cc(F)ccc1Oc1ccc(Br)cc1)C(=O)c1nc2n(c1Br)CCN(C(=O)OC(C)(C)C)C2. The second-order valence-electron chi connectivity index (χ2n) is 9.69. The highest BCUT2D eigenvalue weighted by Crippen LogP contribution is 2.30. The van der Waals surface area contributed by atoms with Gasteiger partial charge in [0.05, 0.1) is 6.54 Å². The van der Waals surface area contributed by atoms with Gasteiger partial charge in [0.1, 0.15) is 33.3 Å². The molecule has 0 unspecified atom stereocenters. The molecule has 0 saturated carbocycles. The third-order valence-electron chi connectivity index (χ3n) is 5.58. The third-order valence-corrected chi connectivity index (χ3v) is 6.92. The highest BCUT2D eigenvalue weighted by atomic mass is 79.9. The van der Waals surface area contributed by atoms with Crippen LogP contribution in [0.1, 0.15) is 42.6 Å². The molecule has 0 bridgehead atoms. The summed E-state index contributed by atoms with van der Waals surface area (Å²) >= 11 is 6.89. The van der Waals surface area contributed by atoms with Gasteiger partial charge in [-0.3, -0.25) is 9.69 Å². The van der Waals surface area contributed by atoms with E-state index < -0.39 is 17.5 Å². The first-order valence-corrected chi connectivity index (χ1v) is 13.2. The van der Waals surface area contributed by atoms with Crippen molar-refractivity contribution >= 4 is 43.9 Å². The molecule has 0 aliphatic carbocycles. The number of rotatable bonds is 5. The molecule has 0 spiro atoms. The first-order valence-electron chi connectivity index (χ1n) is 11.6. The molecule has 0 saturated heterocycles. The van der Waals surface area contributed by atoms with Crippen LogP contribution in [0.2, 0.25) is 0 Å². The Bertz CT molecular complexity index is 1320. The van der Waals surface area contributed by atoms with Gasteiger partial charge in [-0.15, -0.1) is 0 Å². The molecular weight excluding hydrogens is 611 g/mol. The van der Waals surface area contributed by atoms with Crippen molar-refractivity contribution in [1.29, 1.82) is 0 Å². The van der Waals surface area contributed by atoms with E-state index in [2.05, 4.69) is 36.8 Å². The van der Waals surface area contributed by atoms with E-state index in [0.717, 1.165) is 4.47 Å². The van der Waals surface area contributed by atoms with Crippen molar-refractivity contribution in [3.63, 3.8) is 0 Å². The second kappa shape index (κ2) is 10.8. The van der Waals surface area contributed by atoms with Gasteiger partial charge in [0.2, 0.25) is 0 Å². The Morgan fingerprint density at radius 3 is 2.49 bits per heavy atom. The number of aromatic nitrogens is 2. The largest absolute Gasteiger partial charge is 0.457 e. The summed E-state index contributed by atoms with van der Waals surface area (Å²) in [6.07, 6.45) is -0.424. The van der Waals surface area contributed by atoms with E-state index in [0.29, 0.717) is 40.6 Å². The molecule has 2 amide bonds. The van der Waals surface area contributed by atoms with Gasteiger partial charge >= 0.3 is 6.09 Å². The second-order valence-corrected chi connectivity index (χ2v) is 11.4. The predicted octanol–water partition coefficient (Wildman–Crippen LogP) is 6.36. The van der Waals surface area contributed by atoms with Gasteiger partial charge in [-0.05, 0) is 79.2 Å². The molecule has 0 N–H and O–H groups in total. The zero-order chi connectivity index (χ0) is 26.9. The highest BCUT2D eigenvalue weighted by molar-refractivity contribution is 9.10. The first kappa shape index (κ1) is 27.1. The number of fused-ring (bicyclic) bond motifs is 1. The Kier molecular flexibility index (Phi) is 7.94. The summed E-state index contributed by atoms with van der Waals surface area (Å²) in [7, 11) is 1.62. The van der Waals surface area contributed by atoms with Gasteiger partial charge in [-0.1, -0.05) is 15.9 Å². The van der Waals surface area contributed by atoms with Gasteiger partial charge in [-0.2, -0.15) is 0 Å². The Hall–Kier alpha value is -2.92. The fourth-order valence-electron chi connectivity index (χ4n) is 3.82. The van der Waals surface area contributed by atoms with Gasteiger partial charge in [0.25, 0.3) is 5.91 Å². The van der Waals surface area contributed by atoms with Crippen LogP contribution < -0.4 is 4.74 Å². The van der Waals surface area contributed by atoms with Crippen LogP contribution in [0.3, 0.4) is 0 Å². The van der Waals surface area contributed by atoms with Crippen LogP contribution in [0.4, 0.5) is 9.18 Å². The minimum Gasteiger partial charge on any atom is -0.457 e. The number of carbonyl (C=O) groups excluding carboxylic acids is 2. The van der Waals surface area contributed by atoms with Crippen molar-refractivity contribution in [2.75, 3.05) is 13.6 Å². The van der Waals surface area contributed by atoms with Gasteiger partial charge in [0.15, 0.2) is 5.69 Å². The van der Waals surface area contributed by atoms with Crippen LogP contribution in [-0.4, -0.2) is 50.5 Å². The Labute approximate surface area is 231 Å². The molecule has 1 aromatic heterocycles. The minimum atomic E-state index is -0.606. The quantitative estimate of drug-likeness (QED) is 0.325. The van der Waals surface area contributed by atoms with Gasteiger partial charge < -0.3 is 18.9 Å². The fraction of sp³-hybridized carbons (Fsp3) is 0.346. The van der Waals surface area contributed by atoms with Crippen LogP contribution in [0.5, 0.6) is 11.5 Å². The number of amides is 2. The summed E-state index contributed by atoms with van der Waals surface area (Å²) in [4.78, 5) is 33.4. The lowest BCUT2D eigenvalue weighted by molar-refractivity contribution is 0.0194. The molecule has 4 rings (SSSR count). The molecular formula is C26H27Br2FN4O4. The Morgan fingerprint density at radius 2 is 1.81 bits per heavy atom. The van der Waals surface area contributed by atoms with Crippen molar-refractivity contribution in [2.24, 2.45) is 0 Å². The monoisotopic (exact) mass is 636 g/mol. The average molecular weight is 638 g/mol. The molecule has 2 aromatic carbocycles. The van der Waals surface area contributed by atoms with Gasteiger partial charge in [-0.25, -0.2) is 14.2 Å². The smallest absolute Gasteiger partial charge is 0.410 e. The molecule has 196 valence electrons. The minimum absolute atomic E-state index is 0.0983. The number of benzene rings is 2. The maximum absolute atomic E-state index is 14.1. The van der Waals surface area contributed by atoms with E-state index in [-0.39, 0.29) is 24.7 Å². The molecule has 37 heavy (non-hydrogen) atoms. The maximum atomic E-state index is 14.1. The van der Waals surface area contributed by atoms with E-state index >= 15 is 0 Å². The van der Waals surface area contributed by atoms with E-state index in [9.17, 15) is 14.0 Å². The molecule has 0 atom stereocenters. The molecule has 2 heterocycles. The molecule has 8 nitrogen and oxygen atoms in total. The normalized spacial score (nSPS) is 13.2. The van der Waals surface area contributed by atoms with Crippen molar-refractivity contribution in [1.82, 2.24) is 19.4 Å². The maximum Gasteiger partial charge on any atom is 0.410 e. The number of hydrogen-bond acceptors (Lipinski definition) is 5. The van der Waals surface area contributed by atoms with Crippen LogP contribution in [0.25, 0.3) is 0 Å². The van der Waals surface area contributed by atoms with Crippen LogP contribution in [-0.2, 0) is 24.4 Å². The Morgan fingerprint density at radius 1 is 1.11 bits per heavy atom. The molecule has 1 aliphatic heterocycles. The van der Waals surface area contributed by atoms with E-state index in [4.69, 9.17) is 9.47 Å². The first-order chi connectivity index (χ1) is 17.4. The van der Waals surface area contributed by atoms with Gasteiger partial charge in [0, 0.05) is 36.7 Å². The van der Waals surface area contributed by atoms with E-state index in [1.54, 1.807) is 30.1 Å². The summed E-state index contributed by atoms with van der Waals surface area (Å²) in [5.41, 5.74) is 0.121. The fourth-order valence-corrected chi connectivity index (χ4v) is 4.73. The summed E-state index contributed by atoms with van der Waals surface area (Å²) in [5.74, 6) is 0.825.